The number of hydrogen-bond donors (Lipinski definition) is 1. The second-order valence-electron chi connectivity index (χ2n) is 7.91. The van der Waals surface area contributed by atoms with E-state index in [4.69, 9.17) is 14.2 Å². The number of amides is 1. The van der Waals surface area contributed by atoms with E-state index in [1.54, 1.807) is 18.2 Å². The molecule has 2 heterocycles. The molecule has 3 aromatic carbocycles. The highest BCUT2D eigenvalue weighted by Gasteiger charge is 2.16. The minimum atomic E-state index is -0.309. The lowest BCUT2D eigenvalue weighted by molar-refractivity contribution is -0.118. The molecule has 166 valence electrons. The van der Waals surface area contributed by atoms with Crippen molar-refractivity contribution >= 4 is 22.4 Å². The zero-order valence-corrected chi connectivity index (χ0v) is 18.4. The summed E-state index contributed by atoms with van der Waals surface area (Å²) in [4.78, 5) is 12.5. The van der Waals surface area contributed by atoms with Gasteiger partial charge in [-0.25, -0.2) is 0 Å². The molecule has 0 spiro atoms. The van der Waals surface area contributed by atoms with Gasteiger partial charge in [-0.1, -0.05) is 35.9 Å². The van der Waals surface area contributed by atoms with Crippen molar-refractivity contribution in [2.75, 3.05) is 25.1 Å². The van der Waals surface area contributed by atoms with Gasteiger partial charge in [0.1, 0.15) is 18.9 Å². The second-order valence-corrected chi connectivity index (χ2v) is 7.91. The Bertz CT molecular complexity index is 1350. The third kappa shape index (κ3) is 4.30. The van der Waals surface area contributed by atoms with Gasteiger partial charge in [-0.3, -0.25) is 4.79 Å². The summed E-state index contributed by atoms with van der Waals surface area (Å²) >= 11 is 0. The van der Waals surface area contributed by atoms with E-state index in [-0.39, 0.29) is 12.5 Å². The fourth-order valence-corrected chi connectivity index (χ4v) is 3.83. The first kappa shape index (κ1) is 20.8. The van der Waals surface area contributed by atoms with E-state index in [1.165, 1.54) is 0 Å². The summed E-state index contributed by atoms with van der Waals surface area (Å²) in [5, 5.41) is 13.3. The number of aryl methyl sites for hydroxylation is 2. The van der Waals surface area contributed by atoms with Gasteiger partial charge in [0.15, 0.2) is 18.1 Å². The molecule has 0 atom stereocenters. The molecule has 1 N–H and O–H groups in total. The molecule has 1 aliphatic rings. The molecule has 0 unspecified atom stereocenters. The number of anilines is 1. The summed E-state index contributed by atoms with van der Waals surface area (Å²) < 4.78 is 16.8. The van der Waals surface area contributed by atoms with Gasteiger partial charge in [0.05, 0.1) is 0 Å². The number of hydrogen-bond acceptors (Lipinski definition) is 6. The van der Waals surface area contributed by atoms with E-state index in [9.17, 15) is 4.79 Å². The van der Waals surface area contributed by atoms with Crippen molar-refractivity contribution in [1.82, 2.24) is 10.2 Å². The average Bonchev–Trinajstić information content (AvgIpc) is 2.84. The van der Waals surface area contributed by atoms with Crippen LogP contribution in [0.2, 0.25) is 0 Å². The van der Waals surface area contributed by atoms with Crippen LogP contribution in [0.5, 0.6) is 17.4 Å². The van der Waals surface area contributed by atoms with Gasteiger partial charge in [0.2, 0.25) is 5.88 Å². The number of ether oxygens (including phenoxy) is 3. The van der Waals surface area contributed by atoms with Gasteiger partial charge in [-0.2, -0.15) is 0 Å². The number of rotatable bonds is 5. The normalized spacial score (nSPS) is 12.4. The van der Waals surface area contributed by atoms with Crippen molar-refractivity contribution in [1.29, 1.82) is 0 Å². The molecule has 0 aliphatic carbocycles. The van der Waals surface area contributed by atoms with E-state index in [1.807, 2.05) is 24.3 Å². The predicted octanol–water partition coefficient (Wildman–Crippen LogP) is 4.70. The molecule has 1 amide bonds. The largest absolute Gasteiger partial charge is 0.486 e. The smallest absolute Gasteiger partial charge is 0.262 e. The number of carbonyl (C=O) groups excluding carboxylic acids is 1. The van der Waals surface area contributed by atoms with Crippen molar-refractivity contribution < 1.29 is 19.0 Å². The van der Waals surface area contributed by atoms with E-state index >= 15 is 0 Å². The van der Waals surface area contributed by atoms with Crippen LogP contribution in [0.25, 0.3) is 22.0 Å². The number of nitrogens with zero attached hydrogens (tertiary/aromatic N) is 2. The van der Waals surface area contributed by atoms with Gasteiger partial charge in [0.25, 0.3) is 5.91 Å². The summed E-state index contributed by atoms with van der Waals surface area (Å²) in [5.41, 5.74) is 4.70. The Morgan fingerprint density at radius 3 is 2.58 bits per heavy atom. The van der Waals surface area contributed by atoms with Gasteiger partial charge >= 0.3 is 0 Å². The fraction of sp³-hybridized carbons (Fsp3) is 0.192. The van der Waals surface area contributed by atoms with Crippen LogP contribution in [-0.4, -0.2) is 35.9 Å². The third-order valence-electron chi connectivity index (χ3n) is 5.47. The molecule has 33 heavy (non-hydrogen) atoms. The van der Waals surface area contributed by atoms with Gasteiger partial charge in [-0.15, -0.1) is 10.2 Å². The zero-order chi connectivity index (χ0) is 22.8. The maximum absolute atomic E-state index is 12.5. The molecular formula is C26H23N3O4. The molecule has 1 aliphatic heterocycles. The SMILES string of the molecule is Cc1ccc(C)c(-c2nnc(OCC(=O)Nc3ccc4c(c3)OCCO4)c3ccccc23)c1. The third-order valence-corrected chi connectivity index (χ3v) is 5.47. The van der Waals surface area contributed by atoms with E-state index in [0.717, 1.165) is 33.2 Å². The summed E-state index contributed by atoms with van der Waals surface area (Å²) in [6.45, 7) is 4.91. The molecular weight excluding hydrogens is 418 g/mol. The van der Waals surface area contributed by atoms with Crippen LogP contribution in [0, 0.1) is 13.8 Å². The standard InChI is InChI=1S/C26H23N3O4/c1-16-7-8-17(2)21(13-16)25-19-5-3-4-6-20(19)26(29-28-25)33-15-24(30)27-18-9-10-22-23(14-18)32-12-11-31-22/h3-10,13-14H,11-12,15H2,1-2H3,(H,27,30). The van der Waals surface area contributed by atoms with E-state index < -0.39 is 0 Å². The molecule has 0 saturated heterocycles. The Kier molecular flexibility index (Phi) is 5.52. The molecule has 5 rings (SSSR count). The average molecular weight is 441 g/mol. The second kappa shape index (κ2) is 8.78. The minimum Gasteiger partial charge on any atom is -0.486 e. The van der Waals surface area contributed by atoms with Crippen molar-refractivity contribution in [3.8, 4) is 28.6 Å². The number of nitrogens with one attached hydrogen (secondary N) is 1. The van der Waals surface area contributed by atoms with Gasteiger partial charge < -0.3 is 19.5 Å². The molecule has 7 heteroatoms. The fourth-order valence-electron chi connectivity index (χ4n) is 3.83. The maximum Gasteiger partial charge on any atom is 0.262 e. The lowest BCUT2D eigenvalue weighted by Gasteiger charge is -2.19. The Hall–Kier alpha value is -4.13. The van der Waals surface area contributed by atoms with Crippen LogP contribution in [0.3, 0.4) is 0 Å². The number of aromatic nitrogens is 2. The molecule has 0 saturated carbocycles. The maximum atomic E-state index is 12.5. The Balaban J connectivity index is 1.35. The van der Waals surface area contributed by atoms with E-state index in [0.29, 0.717) is 36.3 Å². The van der Waals surface area contributed by atoms with Crippen LogP contribution >= 0.6 is 0 Å². The van der Waals surface area contributed by atoms with Crippen molar-refractivity contribution in [2.45, 2.75) is 13.8 Å². The van der Waals surface area contributed by atoms with Crippen molar-refractivity contribution in [2.24, 2.45) is 0 Å². The monoisotopic (exact) mass is 441 g/mol. The first-order valence-electron chi connectivity index (χ1n) is 10.7. The van der Waals surface area contributed by atoms with E-state index in [2.05, 4.69) is 47.6 Å². The highest BCUT2D eigenvalue weighted by atomic mass is 16.6. The summed E-state index contributed by atoms with van der Waals surface area (Å²) in [6.07, 6.45) is 0. The quantitative estimate of drug-likeness (QED) is 0.483. The van der Waals surface area contributed by atoms with Crippen molar-refractivity contribution in [3.63, 3.8) is 0 Å². The van der Waals surface area contributed by atoms with Crippen LogP contribution in [0.1, 0.15) is 11.1 Å². The number of benzene rings is 3. The van der Waals surface area contributed by atoms with Crippen LogP contribution in [0.4, 0.5) is 5.69 Å². The summed E-state index contributed by atoms with van der Waals surface area (Å²) in [6, 6.07) is 19.3. The summed E-state index contributed by atoms with van der Waals surface area (Å²) in [7, 11) is 0. The van der Waals surface area contributed by atoms with Crippen LogP contribution < -0.4 is 19.5 Å². The number of carbonyl (C=O) groups is 1. The molecule has 0 bridgehead atoms. The van der Waals surface area contributed by atoms with Gasteiger partial charge in [0, 0.05) is 28.1 Å². The Morgan fingerprint density at radius 1 is 0.939 bits per heavy atom. The first-order chi connectivity index (χ1) is 16.1. The van der Waals surface area contributed by atoms with Crippen LogP contribution in [-0.2, 0) is 4.79 Å². The van der Waals surface area contributed by atoms with Crippen molar-refractivity contribution in [3.05, 3.63) is 71.8 Å². The molecule has 7 nitrogen and oxygen atoms in total. The first-order valence-corrected chi connectivity index (χ1v) is 10.7. The highest BCUT2D eigenvalue weighted by Crippen LogP contribution is 2.34. The van der Waals surface area contributed by atoms with Gasteiger partial charge in [-0.05, 0) is 43.7 Å². The Labute approximate surface area is 191 Å². The molecule has 4 aromatic rings. The predicted molar refractivity (Wildman–Crippen MR) is 126 cm³/mol. The lowest BCUT2D eigenvalue weighted by atomic mass is 9.99. The highest BCUT2D eigenvalue weighted by molar-refractivity contribution is 5.98. The molecule has 0 fully saturated rings. The summed E-state index contributed by atoms with van der Waals surface area (Å²) in [5.74, 6) is 1.29. The minimum absolute atomic E-state index is 0.198. The molecule has 1 aromatic heterocycles. The topological polar surface area (TPSA) is 82.6 Å². The molecule has 0 radical (unpaired) electrons. The lowest BCUT2D eigenvalue weighted by Crippen LogP contribution is -2.21. The number of fused-ring (bicyclic) bond motifs is 2. The Morgan fingerprint density at radius 2 is 1.73 bits per heavy atom. The van der Waals surface area contributed by atoms with Crippen LogP contribution in [0.15, 0.2) is 60.7 Å². The zero-order valence-electron chi connectivity index (χ0n) is 18.4.